The van der Waals surface area contributed by atoms with E-state index in [1.54, 1.807) is 13.0 Å². The van der Waals surface area contributed by atoms with Crippen LogP contribution in [0.2, 0.25) is 0 Å². The summed E-state index contributed by atoms with van der Waals surface area (Å²) < 4.78 is 7.74. The number of rotatable bonds is 3. The Hall–Kier alpha value is -2.08. The van der Waals surface area contributed by atoms with Gasteiger partial charge in [-0.05, 0) is 38.7 Å². The second-order valence-corrected chi connectivity index (χ2v) is 5.13. The van der Waals surface area contributed by atoms with E-state index in [0.29, 0.717) is 17.9 Å². The molecule has 0 bridgehead atoms. The third-order valence-electron chi connectivity index (χ3n) is 3.78. The minimum Gasteiger partial charge on any atom is -0.464 e. The van der Waals surface area contributed by atoms with Crippen LogP contribution in [-0.2, 0) is 19.4 Å². The average Bonchev–Trinajstić information content (AvgIpc) is 3.03. The van der Waals surface area contributed by atoms with Crippen molar-refractivity contribution < 1.29 is 9.21 Å². The fourth-order valence-corrected chi connectivity index (χ4v) is 2.76. The first-order valence-corrected chi connectivity index (χ1v) is 6.82. The largest absolute Gasteiger partial charge is 0.464 e. The van der Waals surface area contributed by atoms with Crippen LogP contribution >= 0.6 is 0 Å². The third-order valence-corrected chi connectivity index (χ3v) is 3.78. The number of nitrogens with zero attached hydrogens (tertiary/aromatic N) is 2. The number of aryl methyl sites for hydroxylation is 2. The number of carbonyl (C=O) groups is 1. The lowest BCUT2D eigenvalue weighted by Gasteiger charge is -2.13. The molecule has 0 radical (unpaired) electrons. The molecule has 1 aliphatic rings. The molecule has 0 saturated carbocycles. The Morgan fingerprint density at radius 1 is 1.50 bits per heavy atom. The average molecular weight is 274 g/mol. The molecule has 3 N–H and O–H groups in total. The highest BCUT2D eigenvalue weighted by molar-refractivity contribution is 5.94. The highest BCUT2D eigenvalue weighted by Gasteiger charge is 2.18. The minimum atomic E-state index is -0.329. The number of furan rings is 1. The Balaban J connectivity index is 1.85. The van der Waals surface area contributed by atoms with Crippen molar-refractivity contribution in [3.63, 3.8) is 0 Å². The van der Waals surface area contributed by atoms with Crippen molar-refractivity contribution in [2.24, 2.45) is 5.84 Å². The SMILES string of the molecule is Cc1oc(Cn2cnc3c2CCCC3)cc1C(=O)NN. The maximum Gasteiger partial charge on any atom is 0.268 e. The topological polar surface area (TPSA) is 86.1 Å². The molecule has 0 spiro atoms. The molecular formula is C14H18N4O2. The summed E-state index contributed by atoms with van der Waals surface area (Å²) in [4.78, 5) is 16.0. The zero-order valence-corrected chi connectivity index (χ0v) is 11.5. The summed E-state index contributed by atoms with van der Waals surface area (Å²) >= 11 is 0. The number of hydrogen-bond acceptors (Lipinski definition) is 4. The van der Waals surface area contributed by atoms with Crippen LogP contribution in [0.1, 0.15) is 46.1 Å². The van der Waals surface area contributed by atoms with Gasteiger partial charge < -0.3 is 8.98 Å². The number of nitrogen functional groups attached to an aromatic ring is 1. The molecule has 3 rings (SSSR count). The van der Waals surface area contributed by atoms with Gasteiger partial charge in [0, 0.05) is 5.69 Å². The Bertz CT molecular complexity index is 642. The lowest BCUT2D eigenvalue weighted by Crippen LogP contribution is -2.30. The summed E-state index contributed by atoms with van der Waals surface area (Å²) in [7, 11) is 0. The van der Waals surface area contributed by atoms with Gasteiger partial charge in [0.25, 0.3) is 5.91 Å². The van der Waals surface area contributed by atoms with Crippen molar-refractivity contribution in [1.29, 1.82) is 0 Å². The number of hydrazine groups is 1. The van der Waals surface area contributed by atoms with Gasteiger partial charge in [-0.25, -0.2) is 10.8 Å². The van der Waals surface area contributed by atoms with Gasteiger partial charge in [-0.3, -0.25) is 10.2 Å². The van der Waals surface area contributed by atoms with E-state index in [9.17, 15) is 4.79 Å². The van der Waals surface area contributed by atoms with Crippen molar-refractivity contribution in [2.75, 3.05) is 0 Å². The van der Waals surface area contributed by atoms with Gasteiger partial charge in [-0.15, -0.1) is 0 Å². The molecule has 1 aliphatic carbocycles. The maximum absolute atomic E-state index is 11.6. The molecule has 6 heteroatoms. The Labute approximate surface area is 116 Å². The van der Waals surface area contributed by atoms with Crippen molar-refractivity contribution >= 4 is 5.91 Å². The fraction of sp³-hybridized carbons (Fsp3) is 0.429. The van der Waals surface area contributed by atoms with Crippen LogP contribution in [0.25, 0.3) is 0 Å². The molecule has 2 heterocycles. The fourth-order valence-electron chi connectivity index (χ4n) is 2.76. The number of hydrogen-bond donors (Lipinski definition) is 2. The number of imidazole rings is 1. The molecule has 0 saturated heterocycles. The minimum absolute atomic E-state index is 0.329. The van der Waals surface area contributed by atoms with Gasteiger partial charge in [0.1, 0.15) is 11.5 Å². The van der Waals surface area contributed by atoms with Crippen LogP contribution < -0.4 is 11.3 Å². The second kappa shape index (κ2) is 5.13. The summed E-state index contributed by atoms with van der Waals surface area (Å²) in [5.74, 6) is 6.15. The van der Waals surface area contributed by atoms with E-state index in [1.807, 2.05) is 6.33 Å². The van der Waals surface area contributed by atoms with E-state index < -0.39 is 0 Å². The molecule has 2 aromatic heterocycles. The normalized spacial score (nSPS) is 14.1. The standard InChI is InChI=1S/C14H18N4O2/c1-9-11(14(19)17-15)6-10(20-9)7-18-8-16-12-4-2-3-5-13(12)18/h6,8H,2-5,7,15H2,1H3,(H,17,19). The van der Waals surface area contributed by atoms with E-state index in [0.717, 1.165) is 18.6 Å². The number of carbonyl (C=O) groups excluding carboxylic acids is 1. The summed E-state index contributed by atoms with van der Waals surface area (Å²) in [5.41, 5.74) is 5.09. The molecule has 1 amide bonds. The second-order valence-electron chi connectivity index (χ2n) is 5.13. The summed E-state index contributed by atoms with van der Waals surface area (Å²) in [5, 5.41) is 0. The molecule has 6 nitrogen and oxygen atoms in total. The Kier molecular flexibility index (Phi) is 3.31. The molecule has 106 valence electrons. The van der Waals surface area contributed by atoms with Crippen LogP contribution in [0.3, 0.4) is 0 Å². The molecule has 20 heavy (non-hydrogen) atoms. The van der Waals surface area contributed by atoms with E-state index in [1.165, 1.54) is 24.2 Å². The molecule has 0 unspecified atom stereocenters. The number of fused-ring (bicyclic) bond motifs is 1. The van der Waals surface area contributed by atoms with Crippen LogP contribution in [0.4, 0.5) is 0 Å². The van der Waals surface area contributed by atoms with E-state index in [4.69, 9.17) is 10.3 Å². The summed E-state index contributed by atoms with van der Waals surface area (Å²) in [6, 6.07) is 1.74. The molecule has 0 atom stereocenters. The van der Waals surface area contributed by atoms with Gasteiger partial charge in [-0.2, -0.15) is 0 Å². The predicted octanol–water partition coefficient (Wildman–Crippen LogP) is 1.32. The number of nitrogens with one attached hydrogen (secondary N) is 1. The van der Waals surface area contributed by atoms with Crippen molar-refractivity contribution in [3.8, 4) is 0 Å². The number of amides is 1. The number of aromatic nitrogens is 2. The van der Waals surface area contributed by atoms with E-state index >= 15 is 0 Å². The first-order chi connectivity index (χ1) is 9.69. The molecule has 2 aromatic rings. The Morgan fingerprint density at radius 3 is 3.10 bits per heavy atom. The monoisotopic (exact) mass is 274 g/mol. The van der Waals surface area contributed by atoms with E-state index in [2.05, 4.69) is 15.0 Å². The van der Waals surface area contributed by atoms with Crippen LogP contribution in [0.5, 0.6) is 0 Å². The molecule has 0 aromatic carbocycles. The van der Waals surface area contributed by atoms with Crippen molar-refractivity contribution in [2.45, 2.75) is 39.2 Å². The van der Waals surface area contributed by atoms with Gasteiger partial charge >= 0.3 is 0 Å². The highest BCUT2D eigenvalue weighted by atomic mass is 16.3. The van der Waals surface area contributed by atoms with Gasteiger partial charge in [0.05, 0.1) is 24.1 Å². The number of nitrogens with two attached hydrogens (primary N) is 1. The molecule has 0 aliphatic heterocycles. The predicted molar refractivity (Wildman–Crippen MR) is 73.1 cm³/mol. The first-order valence-electron chi connectivity index (χ1n) is 6.82. The quantitative estimate of drug-likeness (QED) is 0.502. The highest BCUT2D eigenvalue weighted by Crippen LogP contribution is 2.22. The van der Waals surface area contributed by atoms with Crippen molar-refractivity contribution in [1.82, 2.24) is 15.0 Å². The van der Waals surface area contributed by atoms with Crippen LogP contribution in [0, 0.1) is 6.92 Å². The lowest BCUT2D eigenvalue weighted by atomic mass is 10.0. The Morgan fingerprint density at radius 2 is 2.30 bits per heavy atom. The summed E-state index contributed by atoms with van der Waals surface area (Å²) in [6.07, 6.45) is 6.39. The van der Waals surface area contributed by atoms with Crippen LogP contribution in [-0.4, -0.2) is 15.5 Å². The van der Waals surface area contributed by atoms with Gasteiger partial charge in [0.2, 0.25) is 0 Å². The maximum atomic E-state index is 11.6. The van der Waals surface area contributed by atoms with Gasteiger partial charge in [0.15, 0.2) is 0 Å². The van der Waals surface area contributed by atoms with Gasteiger partial charge in [-0.1, -0.05) is 0 Å². The van der Waals surface area contributed by atoms with Crippen molar-refractivity contribution in [3.05, 3.63) is 40.9 Å². The molecular weight excluding hydrogens is 256 g/mol. The van der Waals surface area contributed by atoms with Crippen LogP contribution in [0.15, 0.2) is 16.8 Å². The summed E-state index contributed by atoms with van der Waals surface area (Å²) in [6.45, 7) is 2.36. The lowest BCUT2D eigenvalue weighted by molar-refractivity contribution is 0.0952. The zero-order valence-electron chi connectivity index (χ0n) is 11.5. The third kappa shape index (κ3) is 2.22. The first kappa shape index (κ1) is 12.9. The smallest absolute Gasteiger partial charge is 0.268 e. The molecule has 0 fully saturated rings. The van der Waals surface area contributed by atoms with E-state index in [-0.39, 0.29) is 5.91 Å². The zero-order chi connectivity index (χ0) is 14.1.